The highest BCUT2D eigenvalue weighted by atomic mass is 35.5. The van der Waals surface area contributed by atoms with E-state index in [1.54, 1.807) is 19.2 Å². The summed E-state index contributed by atoms with van der Waals surface area (Å²) in [6.07, 6.45) is 0. The molecule has 0 aliphatic rings. The molecule has 0 aliphatic carbocycles. The average molecular weight is 436 g/mol. The van der Waals surface area contributed by atoms with Crippen LogP contribution >= 0.6 is 11.6 Å². The molecule has 31 heavy (non-hydrogen) atoms. The lowest BCUT2D eigenvalue weighted by molar-refractivity contribution is 0.184. The van der Waals surface area contributed by atoms with E-state index >= 15 is 0 Å². The fourth-order valence-electron chi connectivity index (χ4n) is 3.77. The summed E-state index contributed by atoms with van der Waals surface area (Å²) in [4.78, 5) is 4.65. The fourth-order valence-corrected chi connectivity index (χ4v) is 4.14. The maximum atomic E-state index is 13.6. The number of methoxy groups -OCH3 is 1. The Labute approximate surface area is 186 Å². The molecule has 4 rings (SSSR count). The first-order chi connectivity index (χ1) is 15.1. The maximum absolute atomic E-state index is 13.6. The molecule has 0 saturated heterocycles. The molecule has 0 bridgehead atoms. The molecule has 0 amide bonds. The molecule has 0 N–H and O–H groups in total. The highest BCUT2D eigenvalue weighted by Gasteiger charge is 2.21. The van der Waals surface area contributed by atoms with Crippen LogP contribution in [0.2, 0.25) is 5.15 Å². The van der Waals surface area contributed by atoms with Gasteiger partial charge in [-0.05, 0) is 41.0 Å². The summed E-state index contributed by atoms with van der Waals surface area (Å²) in [5.74, 6) is 0.447. The van der Waals surface area contributed by atoms with Gasteiger partial charge in [0.15, 0.2) is 0 Å². The Morgan fingerprint density at radius 2 is 1.74 bits per heavy atom. The molecule has 5 heteroatoms. The summed E-state index contributed by atoms with van der Waals surface area (Å²) in [5, 5.41) is 1.35. The van der Waals surface area contributed by atoms with Crippen molar-refractivity contribution in [2.45, 2.75) is 19.4 Å². The van der Waals surface area contributed by atoms with Gasteiger partial charge >= 0.3 is 0 Å². The van der Waals surface area contributed by atoms with E-state index < -0.39 is 0 Å². The Bertz CT molecular complexity index is 1180. The first kappa shape index (κ1) is 21.3. The minimum Gasteiger partial charge on any atom is -0.489 e. The average Bonchev–Trinajstić information content (AvgIpc) is 2.78. The second-order valence-corrected chi connectivity index (χ2v) is 7.87. The smallest absolute Gasteiger partial charge is 0.133 e. The van der Waals surface area contributed by atoms with E-state index in [2.05, 4.69) is 4.98 Å². The molecule has 3 nitrogen and oxygen atoms in total. The maximum Gasteiger partial charge on any atom is 0.133 e. The largest absolute Gasteiger partial charge is 0.489 e. The Morgan fingerprint density at radius 3 is 2.45 bits per heavy atom. The standard InChI is InChI=1S/C26H23ClFNO2/c1-17(15-30-2)24-25(19-8-10-20(28)11-9-19)22-13-12-21(14-23(22)29-26(24)27)31-16-18-6-4-3-5-7-18/h3-14,17H,15-16H2,1-2H3. The zero-order chi connectivity index (χ0) is 21.8. The molecular weight excluding hydrogens is 413 g/mol. The fraction of sp³-hybridized carbons (Fsp3) is 0.192. The van der Waals surface area contributed by atoms with Crippen molar-refractivity contribution in [3.63, 3.8) is 0 Å². The summed E-state index contributed by atoms with van der Waals surface area (Å²) in [6.45, 7) is 3.01. The number of ether oxygens (including phenoxy) is 2. The van der Waals surface area contributed by atoms with E-state index in [9.17, 15) is 4.39 Å². The van der Waals surface area contributed by atoms with Gasteiger partial charge in [0.25, 0.3) is 0 Å². The summed E-state index contributed by atoms with van der Waals surface area (Å²) < 4.78 is 24.9. The summed E-state index contributed by atoms with van der Waals surface area (Å²) in [6, 6.07) is 22.2. The highest BCUT2D eigenvalue weighted by Crippen LogP contribution is 2.40. The predicted octanol–water partition coefficient (Wildman–Crippen LogP) is 7.02. The number of fused-ring (bicyclic) bond motifs is 1. The van der Waals surface area contributed by atoms with Crippen LogP contribution in [0, 0.1) is 5.82 Å². The van der Waals surface area contributed by atoms with Crippen molar-refractivity contribution in [1.29, 1.82) is 0 Å². The number of aromatic nitrogens is 1. The van der Waals surface area contributed by atoms with Crippen LogP contribution in [0.4, 0.5) is 4.39 Å². The van der Waals surface area contributed by atoms with E-state index in [4.69, 9.17) is 21.1 Å². The van der Waals surface area contributed by atoms with Crippen molar-refractivity contribution >= 4 is 22.5 Å². The van der Waals surface area contributed by atoms with Gasteiger partial charge in [-0.15, -0.1) is 0 Å². The van der Waals surface area contributed by atoms with Gasteiger partial charge in [0.2, 0.25) is 0 Å². The van der Waals surface area contributed by atoms with E-state index in [1.165, 1.54) is 12.1 Å². The second kappa shape index (κ2) is 9.46. The summed E-state index contributed by atoms with van der Waals surface area (Å²) in [5.41, 5.74) is 4.52. The minimum atomic E-state index is -0.281. The van der Waals surface area contributed by atoms with Crippen LogP contribution in [0.3, 0.4) is 0 Å². The van der Waals surface area contributed by atoms with Crippen molar-refractivity contribution < 1.29 is 13.9 Å². The first-order valence-electron chi connectivity index (χ1n) is 10.1. The van der Waals surface area contributed by atoms with Gasteiger partial charge in [-0.2, -0.15) is 0 Å². The van der Waals surface area contributed by atoms with Crippen molar-refractivity contribution in [3.05, 3.63) is 94.9 Å². The zero-order valence-corrected chi connectivity index (χ0v) is 18.2. The van der Waals surface area contributed by atoms with Crippen LogP contribution in [-0.2, 0) is 11.3 Å². The molecule has 0 radical (unpaired) electrons. The molecule has 0 saturated carbocycles. The minimum absolute atomic E-state index is 0.0171. The predicted molar refractivity (Wildman–Crippen MR) is 123 cm³/mol. The highest BCUT2D eigenvalue weighted by molar-refractivity contribution is 6.31. The van der Waals surface area contributed by atoms with Crippen molar-refractivity contribution in [3.8, 4) is 16.9 Å². The monoisotopic (exact) mass is 435 g/mol. The van der Waals surface area contributed by atoms with Gasteiger partial charge in [0, 0.05) is 30.0 Å². The molecule has 1 aromatic heterocycles. The lowest BCUT2D eigenvalue weighted by Gasteiger charge is -2.20. The van der Waals surface area contributed by atoms with Crippen LogP contribution in [0.25, 0.3) is 22.0 Å². The molecular formula is C26H23ClFNO2. The van der Waals surface area contributed by atoms with E-state index in [0.29, 0.717) is 24.1 Å². The number of rotatable bonds is 7. The Morgan fingerprint density at radius 1 is 1.00 bits per heavy atom. The molecule has 4 aromatic rings. The summed E-state index contributed by atoms with van der Waals surface area (Å²) in [7, 11) is 1.66. The third-order valence-corrected chi connectivity index (χ3v) is 5.53. The second-order valence-electron chi connectivity index (χ2n) is 7.51. The SMILES string of the molecule is COCC(C)c1c(Cl)nc2cc(OCc3ccccc3)ccc2c1-c1ccc(F)cc1. The number of benzene rings is 3. The molecule has 1 unspecified atom stereocenters. The molecule has 1 atom stereocenters. The number of nitrogens with zero attached hydrogens (tertiary/aromatic N) is 1. The number of hydrogen-bond acceptors (Lipinski definition) is 3. The molecule has 1 heterocycles. The number of halogens is 2. The van der Waals surface area contributed by atoms with Crippen molar-refractivity contribution in [2.75, 3.05) is 13.7 Å². The van der Waals surface area contributed by atoms with Crippen molar-refractivity contribution in [1.82, 2.24) is 4.98 Å². The van der Waals surface area contributed by atoms with Gasteiger partial charge in [-0.25, -0.2) is 9.37 Å². The third-order valence-electron chi connectivity index (χ3n) is 5.24. The molecule has 0 spiro atoms. The normalized spacial score (nSPS) is 12.1. The van der Waals surface area contributed by atoms with E-state index in [0.717, 1.165) is 33.2 Å². The van der Waals surface area contributed by atoms with Gasteiger partial charge in [-0.3, -0.25) is 0 Å². The van der Waals surface area contributed by atoms with Crippen molar-refractivity contribution in [2.24, 2.45) is 0 Å². The molecule has 0 fully saturated rings. The Hall–Kier alpha value is -2.95. The Kier molecular flexibility index (Phi) is 6.50. The summed E-state index contributed by atoms with van der Waals surface area (Å²) >= 11 is 6.66. The zero-order valence-electron chi connectivity index (χ0n) is 17.4. The van der Waals surface area contributed by atoms with E-state index in [1.807, 2.05) is 55.5 Å². The van der Waals surface area contributed by atoms with Crippen LogP contribution in [0.15, 0.2) is 72.8 Å². The quantitative estimate of drug-likeness (QED) is 0.292. The van der Waals surface area contributed by atoms with E-state index in [-0.39, 0.29) is 11.7 Å². The lowest BCUT2D eigenvalue weighted by Crippen LogP contribution is -2.07. The third kappa shape index (κ3) is 4.71. The van der Waals surface area contributed by atoms with Crippen LogP contribution in [0.1, 0.15) is 24.0 Å². The van der Waals surface area contributed by atoms with Gasteiger partial charge in [-0.1, -0.05) is 61.0 Å². The Balaban J connectivity index is 1.80. The first-order valence-corrected chi connectivity index (χ1v) is 10.5. The van der Waals surface area contributed by atoms with Crippen LogP contribution < -0.4 is 4.74 Å². The van der Waals surface area contributed by atoms with Gasteiger partial charge in [0.05, 0.1) is 12.1 Å². The topological polar surface area (TPSA) is 31.4 Å². The van der Waals surface area contributed by atoms with Gasteiger partial charge in [0.1, 0.15) is 23.3 Å². The molecule has 3 aromatic carbocycles. The van der Waals surface area contributed by atoms with Crippen LogP contribution in [0.5, 0.6) is 5.75 Å². The van der Waals surface area contributed by atoms with Gasteiger partial charge < -0.3 is 9.47 Å². The van der Waals surface area contributed by atoms with Crippen LogP contribution in [-0.4, -0.2) is 18.7 Å². The molecule has 158 valence electrons. The lowest BCUT2D eigenvalue weighted by atomic mass is 9.90. The molecule has 0 aliphatic heterocycles. The number of pyridine rings is 1. The number of hydrogen-bond donors (Lipinski definition) is 0.